The lowest BCUT2D eigenvalue weighted by molar-refractivity contribution is -0.139. The Hall–Kier alpha value is -3.74. The van der Waals surface area contributed by atoms with E-state index in [4.69, 9.17) is 0 Å². The third-order valence-electron chi connectivity index (χ3n) is 5.43. The Balaban J connectivity index is 1.72. The van der Waals surface area contributed by atoms with Gasteiger partial charge in [-0.25, -0.2) is 9.37 Å². The van der Waals surface area contributed by atoms with E-state index in [-0.39, 0.29) is 16.9 Å². The molecule has 6 nitrogen and oxygen atoms in total. The van der Waals surface area contributed by atoms with E-state index < -0.39 is 23.5 Å². The van der Waals surface area contributed by atoms with Crippen molar-refractivity contribution >= 4 is 17.4 Å². The topological polar surface area (TPSA) is 75.4 Å². The highest BCUT2D eigenvalue weighted by molar-refractivity contribution is 6.46. The summed E-state index contributed by atoms with van der Waals surface area (Å²) in [5.41, 5.74) is 2.08. The van der Waals surface area contributed by atoms with Crippen LogP contribution in [0.4, 0.5) is 4.39 Å². The lowest BCUT2D eigenvalue weighted by Gasteiger charge is -2.25. The first-order valence-corrected chi connectivity index (χ1v) is 10.0. The van der Waals surface area contributed by atoms with Gasteiger partial charge < -0.3 is 14.6 Å². The summed E-state index contributed by atoms with van der Waals surface area (Å²) in [5, 5.41) is 10.9. The Morgan fingerprint density at radius 1 is 1.06 bits per heavy atom. The highest BCUT2D eigenvalue weighted by Gasteiger charge is 2.45. The molecule has 2 heterocycles. The van der Waals surface area contributed by atoms with Crippen LogP contribution in [0.1, 0.15) is 29.2 Å². The van der Waals surface area contributed by atoms with Crippen LogP contribution >= 0.6 is 0 Å². The number of hydrogen-bond acceptors (Lipinski definition) is 4. The van der Waals surface area contributed by atoms with Crippen molar-refractivity contribution in [2.24, 2.45) is 0 Å². The van der Waals surface area contributed by atoms with Gasteiger partial charge in [-0.15, -0.1) is 0 Å². The Kier molecular flexibility index (Phi) is 5.66. The maximum atomic E-state index is 13.3. The zero-order valence-corrected chi connectivity index (χ0v) is 17.0. The van der Waals surface area contributed by atoms with Gasteiger partial charge in [-0.1, -0.05) is 29.8 Å². The summed E-state index contributed by atoms with van der Waals surface area (Å²) < 4.78 is 15.2. The molecule has 158 valence electrons. The second-order valence-corrected chi connectivity index (χ2v) is 7.56. The third-order valence-corrected chi connectivity index (χ3v) is 5.43. The summed E-state index contributed by atoms with van der Waals surface area (Å²) in [7, 11) is 0. The van der Waals surface area contributed by atoms with Gasteiger partial charge in [0.1, 0.15) is 11.6 Å². The number of likely N-dealkylation sites (tertiary alicyclic amines) is 1. The van der Waals surface area contributed by atoms with Gasteiger partial charge in [-0.3, -0.25) is 9.59 Å². The molecule has 1 saturated heterocycles. The van der Waals surface area contributed by atoms with Crippen LogP contribution in [-0.2, 0) is 16.1 Å². The predicted octanol–water partition coefficient (Wildman–Crippen LogP) is 3.84. The molecule has 3 aromatic rings. The van der Waals surface area contributed by atoms with Crippen LogP contribution in [0, 0.1) is 12.7 Å². The van der Waals surface area contributed by atoms with Gasteiger partial charge in [-0.05, 0) is 43.2 Å². The highest BCUT2D eigenvalue weighted by atomic mass is 19.1. The molecule has 0 aliphatic carbocycles. The number of benzene rings is 2. The van der Waals surface area contributed by atoms with Crippen molar-refractivity contribution in [2.45, 2.75) is 25.9 Å². The van der Waals surface area contributed by atoms with E-state index in [0.717, 1.165) is 11.1 Å². The number of aromatic nitrogens is 2. The van der Waals surface area contributed by atoms with Crippen molar-refractivity contribution in [3.8, 4) is 0 Å². The molecule has 1 aliphatic rings. The van der Waals surface area contributed by atoms with Crippen LogP contribution in [0.25, 0.3) is 5.76 Å². The number of halogens is 1. The highest BCUT2D eigenvalue weighted by Crippen LogP contribution is 2.39. The predicted molar refractivity (Wildman–Crippen MR) is 113 cm³/mol. The van der Waals surface area contributed by atoms with Crippen LogP contribution in [0.3, 0.4) is 0 Å². The number of amides is 1. The molecule has 0 saturated carbocycles. The van der Waals surface area contributed by atoms with Crippen molar-refractivity contribution in [3.63, 3.8) is 0 Å². The first-order valence-electron chi connectivity index (χ1n) is 10.0. The zero-order valence-electron chi connectivity index (χ0n) is 17.0. The molecule has 1 N–H and O–H groups in total. The fourth-order valence-electron chi connectivity index (χ4n) is 3.81. The number of carbonyl (C=O) groups is 2. The molecule has 7 heteroatoms. The quantitative estimate of drug-likeness (QED) is 0.374. The van der Waals surface area contributed by atoms with Gasteiger partial charge in [-0.2, -0.15) is 0 Å². The summed E-state index contributed by atoms with van der Waals surface area (Å²) in [5.74, 6) is -2.15. The molecule has 1 aliphatic heterocycles. The summed E-state index contributed by atoms with van der Waals surface area (Å²) in [6.45, 7) is 2.92. The molecule has 0 radical (unpaired) electrons. The number of rotatable bonds is 6. The molecule has 1 aromatic heterocycles. The average Bonchev–Trinajstić information content (AvgIpc) is 3.37. The number of carbonyl (C=O) groups excluding carboxylic acids is 2. The minimum atomic E-state index is -0.741. The maximum Gasteiger partial charge on any atom is 0.295 e. The summed E-state index contributed by atoms with van der Waals surface area (Å²) in [6, 6.07) is 12.0. The number of ketones is 1. The van der Waals surface area contributed by atoms with E-state index in [0.29, 0.717) is 19.5 Å². The lowest BCUT2D eigenvalue weighted by Crippen LogP contribution is -2.31. The number of aliphatic hydroxyl groups is 1. The second kappa shape index (κ2) is 8.55. The van der Waals surface area contributed by atoms with Crippen LogP contribution in [0.5, 0.6) is 0 Å². The molecule has 1 amide bonds. The van der Waals surface area contributed by atoms with Gasteiger partial charge >= 0.3 is 0 Å². The molecule has 4 rings (SSSR count). The van der Waals surface area contributed by atoms with E-state index in [1.807, 2.05) is 42.0 Å². The molecule has 2 aromatic carbocycles. The molecule has 1 fully saturated rings. The van der Waals surface area contributed by atoms with Crippen molar-refractivity contribution in [1.82, 2.24) is 14.5 Å². The number of nitrogens with zero attached hydrogens (tertiary/aromatic N) is 3. The molecule has 0 unspecified atom stereocenters. The van der Waals surface area contributed by atoms with E-state index in [1.165, 1.54) is 29.2 Å². The number of Topliss-reactive ketones (excluding diaryl/α,β-unsaturated/α-hetero) is 1. The molecular formula is C24H22FN3O3. The number of aliphatic hydroxyl groups excluding tert-OH is 1. The molecule has 1 atom stereocenters. The number of imidazole rings is 1. The fraction of sp³-hybridized carbons (Fsp3) is 0.208. The fourth-order valence-corrected chi connectivity index (χ4v) is 3.81. The Morgan fingerprint density at radius 2 is 1.77 bits per heavy atom. The van der Waals surface area contributed by atoms with Crippen LogP contribution in [0.2, 0.25) is 0 Å². The van der Waals surface area contributed by atoms with E-state index >= 15 is 0 Å². The van der Waals surface area contributed by atoms with Crippen LogP contribution < -0.4 is 0 Å². The monoisotopic (exact) mass is 419 g/mol. The smallest absolute Gasteiger partial charge is 0.295 e. The minimum absolute atomic E-state index is 0.0168. The molecule has 0 spiro atoms. The van der Waals surface area contributed by atoms with Crippen molar-refractivity contribution < 1.29 is 19.1 Å². The number of aryl methyl sites for hydroxylation is 2. The summed E-state index contributed by atoms with van der Waals surface area (Å²) in [6.07, 6.45) is 5.82. The van der Waals surface area contributed by atoms with Crippen molar-refractivity contribution in [2.75, 3.05) is 6.54 Å². The van der Waals surface area contributed by atoms with Crippen molar-refractivity contribution in [3.05, 3.63) is 95.3 Å². The van der Waals surface area contributed by atoms with Gasteiger partial charge in [0.25, 0.3) is 11.7 Å². The Labute approximate surface area is 179 Å². The SMILES string of the molecule is Cc1ccc([C@H]2C(=C(O)c3ccc(F)cc3)C(=O)C(=O)N2CCCn2ccnc2)cc1. The van der Waals surface area contributed by atoms with Crippen molar-refractivity contribution in [1.29, 1.82) is 0 Å². The molecule has 31 heavy (non-hydrogen) atoms. The second-order valence-electron chi connectivity index (χ2n) is 7.56. The van der Waals surface area contributed by atoms with Gasteiger partial charge in [0, 0.05) is 31.0 Å². The maximum absolute atomic E-state index is 13.3. The van der Waals surface area contributed by atoms with Crippen LogP contribution in [0.15, 0.2) is 72.8 Å². The largest absolute Gasteiger partial charge is 0.507 e. The van der Waals surface area contributed by atoms with Gasteiger partial charge in [0.05, 0.1) is 17.9 Å². The standard InChI is InChI=1S/C24H22FN3O3/c1-16-3-5-17(6-4-16)21-20(22(29)18-7-9-19(25)10-8-18)23(30)24(31)28(21)13-2-12-27-14-11-26-15-27/h3-11,14-15,21,29H,2,12-13H2,1H3/t21-/m0/s1. The van der Waals surface area contributed by atoms with Gasteiger partial charge in [0.2, 0.25) is 0 Å². The summed E-state index contributed by atoms with van der Waals surface area (Å²) >= 11 is 0. The lowest BCUT2D eigenvalue weighted by atomic mass is 9.94. The first kappa shape index (κ1) is 20.5. The average molecular weight is 419 g/mol. The van der Waals surface area contributed by atoms with Crippen LogP contribution in [-0.4, -0.2) is 37.8 Å². The Bertz CT molecular complexity index is 1120. The molecule has 0 bridgehead atoms. The normalized spacial score (nSPS) is 18.0. The zero-order chi connectivity index (χ0) is 22.0. The van der Waals surface area contributed by atoms with Gasteiger partial charge in [0.15, 0.2) is 0 Å². The third kappa shape index (κ3) is 4.12. The summed E-state index contributed by atoms with van der Waals surface area (Å²) in [4.78, 5) is 31.3. The first-order chi connectivity index (χ1) is 15.0. The Morgan fingerprint density at radius 3 is 2.42 bits per heavy atom. The van der Waals surface area contributed by atoms with E-state index in [2.05, 4.69) is 4.98 Å². The number of hydrogen-bond donors (Lipinski definition) is 1. The van der Waals surface area contributed by atoms with E-state index in [1.54, 1.807) is 12.5 Å². The minimum Gasteiger partial charge on any atom is -0.507 e. The van der Waals surface area contributed by atoms with E-state index in [9.17, 15) is 19.1 Å². The molecular weight excluding hydrogens is 397 g/mol.